The zero-order valence-corrected chi connectivity index (χ0v) is 14.3. The first-order valence-electron chi connectivity index (χ1n) is 8.06. The Morgan fingerprint density at radius 1 is 1.30 bits per heavy atom. The van der Waals surface area contributed by atoms with Gasteiger partial charge < -0.3 is 10.3 Å². The lowest BCUT2D eigenvalue weighted by molar-refractivity contribution is -0.0379. The lowest BCUT2D eigenvalue weighted by atomic mass is 9.72. The summed E-state index contributed by atoms with van der Waals surface area (Å²) in [6, 6.07) is 7.92. The van der Waals surface area contributed by atoms with Crippen LogP contribution < -0.4 is 5.32 Å². The van der Waals surface area contributed by atoms with Gasteiger partial charge in [-0.3, -0.25) is 9.69 Å². The Morgan fingerprint density at radius 2 is 2.00 bits per heavy atom. The Balaban J connectivity index is 0.00000156. The average molecular weight is 335 g/mol. The van der Waals surface area contributed by atoms with Gasteiger partial charge in [0.15, 0.2) is 5.82 Å². The molecule has 6 heteroatoms. The quantitative estimate of drug-likeness (QED) is 0.887. The summed E-state index contributed by atoms with van der Waals surface area (Å²) < 4.78 is 0. The minimum absolute atomic E-state index is 0. The van der Waals surface area contributed by atoms with E-state index in [1.54, 1.807) is 0 Å². The maximum atomic E-state index is 12.6. The zero-order chi connectivity index (χ0) is 15.3. The molecule has 0 saturated carbocycles. The number of carbonyl (C=O) groups is 1. The van der Waals surface area contributed by atoms with Crippen molar-refractivity contribution >= 4 is 29.3 Å². The van der Waals surface area contributed by atoms with Gasteiger partial charge in [0.1, 0.15) is 0 Å². The van der Waals surface area contributed by atoms with Crippen LogP contribution >= 0.6 is 12.4 Å². The van der Waals surface area contributed by atoms with E-state index in [-0.39, 0.29) is 29.9 Å². The van der Waals surface area contributed by atoms with Crippen molar-refractivity contribution in [3.05, 3.63) is 30.1 Å². The molecule has 4 heterocycles. The summed E-state index contributed by atoms with van der Waals surface area (Å²) >= 11 is 0. The van der Waals surface area contributed by atoms with Crippen LogP contribution in [0.2, 0.25) is 0 Å². The zero-order valence-electron chi connectivity index (χ0n) is 13.5. The van der Waals surface area contributed by atoms with E-state index in [1.165, 1.54) is 12.8 Å². The maximum absolute atomic E-state index is 12.6. The van der Waals surface area contributed by atoms with Gasteiger partial charge in [-0.2, -0.15) is 0 Å². The van der Waals surface area contributed by atoms with Crippen LogP contribution in [-0.4, -0.2) is 45.4 Å². The number of fused-ring (bicyclic) bond motifs is 4. The number of hydrogen-bond acceptors (Lipinski definition) is 3. The lowest BCUT2D eigenvalue weighted by Gasteiger charge is -2.56. The van der Waals surface area contributed by atoms with Gasteiger partial charge in [0, 0.05) is 11.6 Å². The number of nitrogens with zero attached hydrogens (tertiary/aromatic N) is 2. The number of rotatable bonds is 2. The maximum Gasteiger partial charge on any atom is 0.287 e. The third kappa shape index (κ3) is 2.62. The van der Waals surface area contributed by atoms with Gasteiger partial charge in [-0.1, -0.05) is 12.1 Å². The summed E-state index contributed by atoms with van der Waals surface area (Å²) in [6.07, 6.45) is 2.35. The molecule has 3 aliphatic heterocycles. The number of amides is 1. The van der Waals surface area contributed by atoms with Crippen molar-refractivity contribution in [3.63, 3.8) is 0 Å². The molecule has 1 atom stereocenters. The molecule has 1 amide bonds. The van der Waals surface area contributed by atoms with E-state index in [1.807, 2.05) is 24.3 Å². The van der Waals surface area contributed by atoms with Crippen LogP contribution in [0.5, 0.6) is 0 Å². The van der Waals surface area contributed by atoms with E-state index in [2.05, 4.69) is 34.0 Å². The third-order valence-electron chi connectivity index (χ3n) is 5.48. The van der Waals surface area contributed by atoms with E-state index >= 15 is 0 Å². The van der Waals surface area contributed by atoms with Crippen LogP contribution in [0.25, 0.3) is 11.0 Å². The topological polar surface area (TPSA) is 61.0 Å². The fraction of sp³-hybridized carbons (Fsp3) is 0.529. The number of H-pyrrole nitrogens is 1. The van der Waals surface area contributed by atoms with Crippen LogP contribution in [0.15, 0.2) is 24.3 Å². The largest absolute Gasteiger partial charge is 0.345 e. The minimum atomic E-state index is -0.0944. The number of carbonyl (C=O) groups excluding carboxylic acids is 1. The van der Waals surface area contributed by atoms with Crippen molar-refractivity contribution in [1.82, 2.24) is 20.2 Å². The van der Waals surface area contributed by atoms with Crippen molar-refractivity contribution in [2.24, 2.45) is 5.92 Å². The number of hydrogen-bond donors (Lipinski definition) is 2. The van der Waals surface area contributed by atoms with Crippen molar-refractivity contribution in [2.45, 2.75) is 38.3 Å². The fourth-order valence-corrected chi connectivity index (χ4v) is 4.15. The molecule has 3 fully saturated rings. The van der Waals surface area contributed by atoms with E-state index < -0.39 is 0 Å². The van der Waals surface area contributed by atoms with Gasteiger partial charge in [-0.15, -0.1) is 12.4 Å². The highest BCUT2D eigenvalue weighted by atomic mass is 35.5. The molecule has 3 aliphatic rings. The summed E-state index contributed by atoms with van der Waals surface area (Å²) in [6.45, 7) is 6.77. The highest BCUT2D eigenvalue weighted by Crippen LogP contribution is 2.39. The number of imidazole rings is 1. The normalized spacial score (nSPS) is 28.3. The Kier molecular flexibility index (Phi) is 4.10. The summed E-state index contributed by atoms with van der Waals surface area (Å²) in [5, 5.41) is 3.24. The van der Waals surface area contributed by atoms with Crippen LogP contribution in [0, 0.1) is 5.92 Å². The summed E-state index contributed by atoms with van der Waals surface area (Å²) in [5.74, 6) is 0.893. The molecule has 0 radical (unpaired) electrons. The molecular formula is C17H23ClN4O. The number of para-hydroxylation sites is 2. The molecule has 124 valence electrons. The number of nitrogens with one attached hydrogen (secondary N) is 2. The Bertz CT molecular complexity index is 685. The molecule has 3 saturated heterocycles. The van der Waals surface area contributed by atoms with Crippen LogP contribution in [-0.2, 0) is 0 Å². The monoisotopic (exact) mass is 334 g/mol. The Morgan fingerprint density at radius 3 is 2.65 bits per heavy atom. The van der Waals surface area contributed by atoms with Gasteiger partial charge in [-0.25, -0.2) is 4.98 Å². The summed E-state index contributed by atoms with van der Waals surface area (Å²) in [7, 11) is 0. The van der Waals surface area contributed by atoms with E-state index in [4.69, 9.17) is 0 Å². The van der Waals surface area contributed by atoms with Crippen LogP contribution in [0.4, 0.5) is 0 Å². The number of aromatic amines is 1. The first kappa shape index (κ1) is 16.3. The second-order valence-electron chi connectivity index (χ2n) is 7.03. The van der Waals surface area contributed by atoms with E-state index in [0.29, 0.717) is 11.7 Å². The molecule has 0 aliphatic carbocycles. The predicted octanol–water partition coefficient (Wildman–Crippen LogP) is 2.59. The minimum Gasteiger partial charge on any atom is -0.345 e. The molecule has 5 nitrogen and oxygen atoms in total. The second-order valence-corrected chi connectivity index (χ2v) is 7.03. The smallest absolute Gasteiger partial charge is 0.287 e. The van der Waals surface area contributed by atoms with Crippen LogP contribution in [0.3, 0.4) is 0 Å². The van der Waals surface area contributed by atoms with Crippen molar-refractivity contribution in [3.8, 4) is 0 Å². The summed E-state index contributed by atoms with van der Waals surface area (Å²) in [4.78, 5) is 22.6. The molecule has 2 N–H and O–H groups in total. The first-order valence-corrected chi connectivity index (χ1v) is 8.06. The molecule has 5 rings (SSSR count). The molecule has 2 aromatic rings. The molecule has 1 unspecified atom stereocenters. The predicted molar refractivity (Wildman–Crippen MR) is 93.0 cm³/mol. The lowest BCUT2D eigenvalue weighted by Crippen LogP contribution is -2.69. The fourth-order valence-electron chi connectivity index (χ4n) is 4.15. The molecule has 1 aromatic carbocycles. The standard InChI is InChI=1S/C17H22N4O.ClH/c1-17(2)14(11-7-9-21(17)10-8-11)20-16(22)15-18-12-5-3-4-6-13(12)19-15;/h3-6,11,14H,7-10H2,1-2H3,(H,18,19)(H,20,22);1H. The molecule has 1 aromatic heterocycles. The number of halogens is 1. The Hall–Kier alpha value is -1.59. The van der Waals surface area contributed by atoms with Gasteiger partial charge >= 0.3 is 0 Å². The van der Waals surface area contributed by atoms with Gasteiger partial charge in [0.05, 0.1) is 11.0 Å². The molecule has 0 spiro atoms. The van der Waals surface area contributed by atoms with Gasteiger partial charge in [-0.05, 0) is 57.8 Å². The summed E-state index contributed by atoms with van der Waals surface area (Å²) in [5.41, 5.74) is 1.75. The van der Waals surface area contributed by atoms with Gasteiger partial charge in [0.25, 0.3) is 5.91 Å². The average Bonchev–Trinajstić information content (AvgIpc) is 2.95. The number of benzene rings is 1. The number of piperidine rings is 3. The van der Waals surface area contributed by atoms with Crippen LogP contribution in [0.1, 0.15) is 37.3 Å². The second kappa shape index (κ2) is 5.80. The Labute approximate surface area is 142 Å². The third-order valence-corrected chi connectivity index (χ3v) is 5.48. The SMILES string of the molecule is CC1(C)C(NC(=O)c2nc3ccccc3[nH]2)C2CCN1CC2.Cl. The van der Waals surface area contributed by atoms with E-state index in [0.717, 1.165) is 24.1 Å². The first-order chi connectivity index (χ1) is 10.6. The number of aromatic nitrogens is 2. The van der Waals surface area contributed by atoms with Gasteiger partial charge in [0.2, 0.25) is 0 Å². The molecular weight excluding hydrogens is 312 g/mol. The van der Waals surface area contributed by atoms with Crippen molar-refractivity contribution in [1.29, 1.82) is 0 Å². The van der Waals surface area contributed by atoms with Crippen molar-refractivity contribution in [2.75, 3.05) is 13.1 Å². The van der Waals surface area contributed by atoms with Crippen molar-refractivity contribution < 1.29 is 4.79 Å². The highest BCUT2D eigenvalue weighted by Gasteiger charge is 2.48. The highest BCUT2D eigenvalue weighted by molar-refractivity contribution is 5.94. The molecule has 23 heavy (non-hydrogen) atoms. The molecule has 2 bridgehead atoms. The van der Waals surface area contributed by atoms with E-state index in [9.17, 15) is 4.79 Å².